The Kier molecular flexibility index (Phi) is 6.89. The van der Waals surface area contributed by atoms with Gasteiger partial charge in [0.25, 0.3) is 0 Å². The Hall–Kier alpha value is -5.48. The second-order valence-electron chi connectivity index (χ2n) is 9.41. The lowest BCUT2D eigenvalue weighted by Crippen LogP contribution is -2.10. The van der Waals surface area contributed by atoms with E-state index in [1.807, 2.05) is 107 Å². The van der Waals surface area contributed by atoms with Crippen LogP contribution in [0.2, 0.25) is 0 Å². The molecule has 6 aromatic carbocycles. The van der Waals surface area contributed by atoms with Crippen LogP contribution in [0.15, 0.2) is 158 Å². The van der Waals surface area contributed by atoms with Crippen LogP contribution >= 0.6 is 0 Å². The molecule has 4 heteroatoms. The molecule has 0 amide bonds. The average molecular weight is 521 g/mol. The van der Waals surface area contributed by atoms with Crippen LogP contribution in [0.1, 0.15) is 0 Å². The number of hydrogen-bond donors (Lipinski definition) is 2. The van der Waals surface area contributed by atoms with E-state index in [9.17, 15) is 10.2 Å². The van der Waals surface area contributed by atoms with Crippen LogP contribution in [0.25, 0.3) is 11.1 Å². The highest BCUT2D eigenvalue weighted by Crippen LogP contribution is 2.41. The van der Waals surface area contributed by atoms with Crippen molar-refractivity contribution in [2.24, 2.45) is 0 Å². The maximum atomic E-state index is 10.6. The van der Waals surface area contributed by atoms with Crippen molar-refractivity contribution in [3.8, 4) is 22.6 Å². The molecule has 0 saturated heterocycles. The van der Waals surface area contributed by atoms with Gasteiger partial charge in [0.15, 0.2) is 0 Å². The highest BCUT2D eigenvalue weighted by molar-refractivity contribution is 5.83. The summed E-state index contributed by atoms with van der Waals surface area (Å²) in [6, 6.07) is 51.5. The number of benzene rings is 6. The lowest BCUT2D eigenvalue weighted by molar-refractivity contribution is 0.476. The second-order valence-corrected chi connectivity index (χ2v) is 9.41. The molecule has 6 rings (SSSR count). The minimum absolute atomic E-state index is 0.221. The first-order valence-electron chi connectivity index (χ1n) is 13.2. The smallest absolute Gasteiger partial charge is 0.139 e. The monoisotopic (exact) mass is 520 g/mol. The van der Waals surface area contributed by atoms with Gasteiger partial charge in [0.1, 0.15) is 11.5 Å². The average Bonchev–Trinajstić information content (AvgIpc) is 3.01. The highest BCUT2D eigenvalue weighted by Gasteiger charge is 2.17. The molecular formula is C36H28N2O2. The normalized spacial score (nSPS) is 10.7. The van der Waals surface area contributed by atoms with E-state index in [1.165, 1.54) is 0 Å². The fraction of sp³-hybridized carbons (Fsp3) is 0. The quantitative estimate of drug-likeness (QED) is 0.220. The SMILES string of the molecule is Oc1ccccc1N(c1ccccc1)c1ccc(-c2ccc(N(c3ccccc3)c3ccccc3O)cc2)cc1. The molecule has 0 bridgehead atoms. The molecule has 0 spiro atoms. The number of hydrogen-bond acceptors (Lipinski definition) is 4. The summed E-state index contributed by atoms with van der Waals surface area (Å²) in [4.78, 5) is 4.10. The van der Waals surface area contributed by atoms with Crippen LogP contribution in [-0.2, 0) is 0 Å². The minimum Gasteiger partial charge on any atom is -0.506 e. The van der Waals surface area contributed by atoms with Gasteiger partial charge in [-0.1, -0.05) is 84.9 Å². The van der Waals surface area contributed by atoms with Gasteiger partial charge in [-0.05, 0) is 83.9 Å². The number of aromatic hydroxyl groups is 2. The molecule has 0 radical (unpaired) electrons. The molecule has 194 valence electrons. The minimum atomic E-state index is 0.221. The van der Waals surface area contributed by atoms with Crippen molar-refractivity contribution < 1.29 is 10.2 Å². The van der Waals surface area contributed by atoms with Gasteiger partial charge in [-0.15, -0.1) is 0 Å². The summed E-state index contributed by atoms with van der Waals surface area (Å²) in [5, 5.41) is 21.3. The first kappa shape index (κ1) is 24.8. The van der Waals surface area contributed by atoms with Crippen molar-refractivity contribution in [1.82, 2.24) is 0 Å². The Morgan fingerprint density at radius 3 is 0.950 bits per heavy atom. The molecule has 0 heterocycles. The van der Waals surface area contributed by atoms with Gasteiger partial charge in [0, 0.05) is 22.7 Å². The fourth-order valence-electron chi connectivity index (χ4n) is 4.92. The van der Waals surface area contributed by atoms with Gasteiger partial charge in [-0.2, -0.15) is 0 Å². The number of phenols is 2. The topological polar surface area (TPSA) is 46.9 Å². The van der Waals surface area contributed by atoms with Crippen molar-refractivity contribution in [2.75, 3.05) is 9.80 Å². The molecule has 2 N–H and O–H groups in total. The van der Waals surface area contributed by atoms with Crippen LogP contribution in [0.4, 0.5) is 34.1 Å². The summed E-state index contributed by atoms with van der Waals surface area (Å²) < 4.78 is 0. The molecule has 0 aromatic heterocycles. The van der Waals surface area contributed by atoms with E-state index in [1.54, 1.807) is 12.1 Å². The molecular weight excluding hydrogens is 492 g/mol. The maximum absolute atomic E-state index is 10.6. The van der Waals surface area contributed by atoms with E-state index in [0.29, 0.717) is 0 Å². The van der Waals surface area contributed by atoms with Gasteiger partial charge in [0.05, 0.1) is 11.4 Å². The Morgan fingerprint density at radius 1 is 0.300 bits per heavy atom. The Morgan fingerprint density at radius 2 is 0.600 bits per heavy atom. The molecule has 0 aliphatic carbocycles. The molecule has 0 unspecified atom stereocenters. The fourth-order valence-corrected chi connectivity index (χ4v) is 4.92. The van der Waals surface area contributed by atoms with Crippen molar-refractivity contribution in [3.05, 3.63) is 158 Å². The van der Waals surface area contributed by atoms with Gasteiger partial charge in [0.2, 0.25) is 0 Å². The first-order valence-corrected chi connectivity index (χ1v) is 13.2. The standard InChI is InChI=1S/C36H28N2O2/c39-35-17-9-7-15-33(35)37(29-11-3-1-4-12-29)31-23-19-27(20-24-31)28-21-25-32(26-22-28)38(30-13-5-2-6-14-30)34-16-8-10-18-36(34)40/h1-26,39-40H. The number of phenolic OH excluding ortho intramolecular Hbond substituents is 2. The highest BCUT2D eigenvalue weighted by atomic mass is 16.3. The van der Waals surface area contributed by atoms with E-state index in [0.717, 1.165) is 45.3 Å². The summed E-state index contributed by atoms with van der Waals surface area (Å²) in [6.45, 7) is 0. The van der Waals surface area contributed by atoms with Crippen LogP contribution in [0.3, 0.4) is 0 Å². The first-order chi connectivity index (χ1) is 19.7. The van der Waals surface area contributed by atoms with Crippen molar-refractivity contribution in [1.29, 1.82) is 0 Å². The molecule has 0 aliphatic heterocycles. The molecule has 6 aromatic rings. The molecule has 0 atom stereocenters. The predicted molar refractivity (Wildman–Crippen MR) is 165 cm³/mol. The molecule has 0 fully saturated rings. The zero-order chi connectivity index (χ0) is 27.3. The van der Waals surface area contributed by atoms with Crippen molar-refractivity contribution in [3.63, 3.8) is 0 Å². The predicted octanol–water partition coefficient (Wildman–Crippen LogP) is 9.70. The molecule has 0 aliphatic rings. The van der Waals surface area contributed by atoms with Crippen LogP contribution in [0, 0.1) is 0 Å². The lowest BCUT2D eigenvalue weighted by atomic mass is 10.0. The third kappa shape index (κ3) is 4.98. The van der Waals surface area contributed by atoms with E-state index < -0.39 is 0 Å². The van der Waals surface area contributed by atoms with Crippen LogP contribution < -0.4 is 9.80 Å². The number of anilines is 6. The number of para-hydroxylation sites is 6. The zero-order valence-electron chi connectivity index (χ0n) is 21.8. The summed E-state index contributed by atoms with van der Waals surface area (Å²) in [5.74, 6) is 0.442. The van der Waals surface area contributed by atoms with Crippen molar-refractivity contribution >= 4 is 34.1 Å². The van der Waals surface area contributed by atoms with Gasteiger partial charge < -0.3 is 20.0 Å². The van der Waals surface area contributed by atoms with Crippen LogP contribution in [-0.4, -0.2) is 10.2 Å². The van der Waals surface area contributed by atoms with E-state index in [-0.39, 0.29) is 11.5 Å². The van der Waals surface area contributed by atoms with E-state index in [4.69, 9.17) is 0 Å². The third-order valence-electron chi connectivity index (χ3n) is 6.86. The summed E-state index contributed by atoms with van der Waals surface area (Å²) >= 11 is 0. The van der Waals surface area contributed by atoms with Gasteiger partial charge in [-0.25, -0.2) is 0 Å². The van der Waals surface area contributed by atoms with Crippen LogP contribution in [0.5, 0.6) is 11.5 Å². The summed E-state index contributed by atoms with van der Waals surface area (Å²) in [7, 11) is 0. The van der Waals surface area contributed by atoms with E-state index >= 15 is 0 Å². The second kappa shape index (κ2) is 11.1. The van der Waals surface area contributed by atoms with Gasteiger partial charge in [-0.3, -0.25) is 0 Å². The Balaban J connectivity index is 1.33. The van der Waals surface area contributed by atoms with Crippen molar-refractivity contribution in [2.45, 2.75) is 0 Å². The number of rotatable bonds is 7. The summed E-state index contributed by atoms with van der Waals surface area (Å²) in [5.41, 5.74) is 7.42. The Labute approximate surface area is 234 Å². The summed E-state index contributed by atoms with van der Waals surface area (Å²) in [6.07, 6.45) is 0. The maximum Gasteiger partial charge on any atom is 0.139 e. The van der Waals surface area contributed by atoms with Gasteiger partial charge >= 0.3 is 0 Å². The number of nitrogens with zero attached hydrogens (tertiary/aromatic N) is 2. The zero-order valence-corrected chi connectivity index (χ0v) is 21.8. The Bertz CT molecular complexity index is 1570. The molecule has 40 heavy (non-hydrogen) atoms. The molecule has 0 saturated carbocycles. The van der Waals surface area contributed by atoms with E-state index in [2.05, 4.69) is 48.5 Å². The molecule has 4 nitrogen and oxygen atoms in total. The third-order valence-corrected chi connectivity index (χ3v) is 6.86. The largest absolute Gasteiger partial charge is 0.506 e. The lowest BCUT2D eigenvalue weighted by Gasteiger charge is -2.26.